The van der Waals surface area contributed by atoms with E-state index in [2.05, 4.69) is 20.2 Å². The second kappa shape index (κ2) is 7.38. The average molecular weight is 328 g/mol. The molecule has 5 nitrogen and oxygen atoms in total. The topological polar surface area (TPSA) is 58.1 Å². The molecule has 1 saturated heterocycles. The molecule has 0 spiro atoms. The van der Waals surface area contributed by atoms with Gasteiger partial charge in [0.25, 0.3) is 5.91 Å². The van der Waals surface area contributed by atoms with Gasteiger partial charge in [0.05, 0.1) is 0 Å². The van der Waals surface area contributed by atoms with Crippen molar-refractivity contribution >= 4 is 11.7 Å². The Morgan fingerprint density at radius 2 is 1.96 bits per heavy atom. The van der Waals surface area contributed by atoms with E-state index in [1.165, 1.54) is 12.1 Å². The number of benzene rings is 1. The van der Waals surface area contributed by atoms with Crippen LogP contribution in [0.25, 0.3) is 11.4 Å². The standard InChI is InChI=1S/C18H21FN4O/c1-2-9-20-18(24)15-12-21-16(13-5-7-14(19)8-6-13)22-17(15)23-10-3-4-11-23/h5-8,12H,2-4,9-11H2,1H3,(H,20,24). The molecule has 6 heteroatoms. The molecule has 1 fully saturated rings. The molecule has 1 aromatic heterocycles. The molecule has 3 rings (SSSR count). The molecule has 0 radical (unpaired) electrons. The van der Waals surface area contributed by atoms with E-state index in [9.17, 15) is 9.18 Å². The van der Waals surface area contributed by atoms with Crippen molar-refractivity contribution in [1.82, 2.24) is 15.3 Å². The van der Waals surface area contributed by atoms with Crippen LogP contribution in [0.2, 0.25) is 0 Å². The predicted octanol–water partition coefficient (Wildman–Crippen LogP) is 3.02. The maximum absolute atomic E-state index is 13.1. The number of nitrogens with zero attached hydrogens (tertiary/aromatic N) is 3. The lowest BCUT2D eigenvalue weighted by atomic mass is 10.2. The fourth-order valence-corrected chi connectivity index (χ4v) is 2.77. The lowest BCUT2D eigenvalue weighted by Crippen LogP contribution is -2.29. The van der Waals surface area contributed by atoms with Gasteiger partial charge in [-0.2, -0.15) is 0 Å². The summed E-state index contributed by atoms with van der Waals surface area (Å²) in [6.45, 7) is 4.40. The number of hydrogen-bond acceptors (Lipinski definition) is 4. The van der Waals surface area contributed by atoms with Gasteiger partial charge in [-0.25, -0.2) is 14.4 Å². The first-order valence-electron chi connectivity index (χ1n) is 8.35. The normalized spacial score (nSPS) is 14.0. The summed E-state index contributed by atoms with van der Waals surface area (Å²) >= 11 is 0. The predicted molar refractivity (Wildman–Crippen MR) is 91.5 cm³/mol. The quantitative estimate of drug-likeness (QED) is 0.916. The second-order valence-electron chi connectivity index (χ2n) is 5.89. The molecule has 126 valence electrons. The third-order valence-electron chi connectivity index (χ3n) is 4.06. The van der Waals surface area contributed by atoms with Crippen molar-refractivity contribution in [3.8, 4) is 11.4 Å². The van der Waals surface area contributed by atoms with Gasteiger partial charge in [0.2, 0.25) is 0 Å². The molecule has 0 saturated carbocycles. The molecule has 1 N–H and O–H groups in total. The van der Waals surface area contributed by atoms with E-state index < -0.39 is 0 Å². The Morgan fingerprint density at radius 1 is 1.25 bits per heavy atom. The zero-order valence-corrected chi connectivity index (χ0v) is 13.8. The lowest BCUT2D eigenvalue weighted by Gasteiger charge is -2.20. The van der Waals surface area contributed by atoms with E-state index in [1.807, 2.05) is 6.92 Å². The Morgan fingerprint density at radius 3 is 2.62 bits per heavy atom. The number of amides is 1. The first kappa shape index (κ1) is 16.4. The molecule has 24 heavy (non-hydrogen) atoms. The van der Waals surface area contributed by atoms with E-state index in [0.29, 0.717) is 23.8 Å². The van der Waals surface area contributed by atoms with Crippen molar-refractivity contribution in [2.45, 2.75) is 26.2 Å². The monoisotopic (exact) mass is 328 g/mol. The van der Waals surface area contributed by atoms with Gasteiger partial charge in [0, 0.05) is 31.4 Å². The smallest absolute Gasteiger partial charge is 0.256 e. The molecule has 1 aromatic carbocycles. The minimum atomic E-state index is -0.297. The minimum Gasteiger partial charge on any atom is -0.356 e. The second-order valence-corrected chi connectivity index (χ2v) is 5.89. The minimum absolute atomic E-state index is 0.149. The Bertz CT molecular complexity index is 711. The molecule has 1 amide bonds. The van der Waals surface area contributed by atoms with Crippen molar-refractivity contribution in [1.29, 1.82) is 0 Å². The summed E-state index contributed by atoms with van der Waals surface area (Å²) in [5.74, 6) is 0.720. The van der Waals surface area contributed by atoms with E-state index >= 15 is 0 Å². The molecule has 1 aliphatic heterocycles. The van der Waals surface area contributed by atoms with Crippen molar-refractivity contribution in [2.75, 3.05) is 24.5 Å². The van der Waals surface area contributed by atoms with Gasteiger partial charge >= 0.3 is 0 Å². The highest BCUT2D eigenvalue weighted by molar-refractivity contribution is 5.98. The van der Waals surface area contributed by atoms with Crippen LogP contribution in [-0.4, -0.2) is 35.5 Å². The van der Waals surface area contributed by atoms with Gasteiger partial charge < -0.3 is 10.2 Å². The Balaban J connectivity index is 1.97. The maximum Gasteiger partial charge on any atom is 0.256 e. The summed E-state index contributed by atoms with van der Waals surface area (Å²) in [6.07, 6.45) is 4.63. The molecule has 1 aliphatic rings. The fraction of sp³-hybridized carbons (Fsp3) is 0.389. The first-order chi connectivity index (χ1) is 11.7. The molecule has 2 heterocycles. The highest BCUT2D eigenvalue weighted by Gasteiger charge is 2.22. The number of nitrogens with one attached hydrogen (secondary N) is 1. The molecule has 0 unspecified atom stereocenters. The molecular formula is C18H21FN4O. The number of aromatic nitrogens is 2. The number of anilines is 1. The highest BCUT2D eigenvalue weighted by atomic mass is 19.1. The van der Waals surface area contributed by atoms with Crippen molar-refractivity contribution < 1.29 is 9.18 Å². The molecule has 0 atom stereocenters. The number of carbonyl (C=O) groups excluding carboxylic acids is 1. The summed E-state index contributed by atoms with van der Waals surface area (Å²) in [7, 11) is 0. The van der Waals surface area contributed by atoms with Crippen molar-refractivity contribution in [3.63, 3.8) is 0 Å². The van der Waals surface area contributed by atoms with Crippen LogP contribution in [0.15, 0.2) is 30.5 Å². The van der Waals surface area contributed by atoms with E-state index in [4.69, 9.17) is 0 Å². The lowest BCUT2D eigenvalue weighted by molar-refractivity contribution is 0.0953. The van der Waals surface area contributed by atoms with Crippen LogP contribution in [0.1, 0.15) is 36.5 Å². The van der Waals surface area contributed by atoms with E-state index in [1.54, 1.807) is 18.3 Å². The molecular weight excluding hydrogens is 307 g/mol. The number of carbonyl (C=O) groups is 1. The van der Waals surface area contributed by atoms with Crippen LogP contribution in [0.5, 0.6) is 0 Å². The largest absolute Gasteiger partial charge is 0.356 e. The van der Waals surface area contributed by atoms with Gasteiger partial charge in [0.1, 0.15) is 17.2 Å². The Hall–Kier alpha value is -2.50. The van der Waals surface area contributed by atoms with Crippen molar-refractivity contribution in [2.24, 2.45) is 0 Å². The summed E-state index contributed by atoms with van der Waals surface area (Å²) < 4.78 is 13.1. The van der Waals surface area contributed by atoms with Gasteiger partial charge in [-0.1, -0.05) is 6.92 Å². The highest BCUT2D eigenvalue weighted by Crippen LogP contribution is 2.25. The van der Waals surface area contributed by atoms with Crippen LogP contribution in [0.3, 0.4) is 0 Å². The first-order valence-corrected chi connectivity index (χ1v) is 8.35. The van der Waals surface area contributed by atoms with Crippen LogP contribution >= 0.6 is 0 Å². The third-order valence-corrected chi connectivity index (χ3v) is 4.06. The number of hydrogen-bond donors (Lipinski definition) is 1. The van der Waals surface area contributed by atoms with Crippen LogP contribution in [0.4, 0.5) is 10.2 Å². The summed E-state index contributed by atoms with van der Waals surface area (Å²) in [5.41, 5.74) is 1.23. The van der Waals surface area contributed by atoms with E-state index in [-0.39, 0.29) is 11.7 Å². The summed E-state index contributed by atoms with van der Waals surface area (Å²) in [6, 6.07) is 6.07. The van der Waals surface area contributed by atoms with Gasteiger partial charge in [-0.15, -0.1) is 0 Å². The molecule has 2 aromatic rings. The van der Waals surface area contributed by atoms with Gasteiger partial charge in [-0.3, -0.25) is 4.79 Å². The SMILES string of the molecule is CCCNC(=O)c1cnc(-c2ccc(F)cc2)nc1N1CCCC1. The zero-order valence-electron chi connectivity index (χ0n) is 13.8. The summed E-state index contributed by atoms with van der Waals surface area (Å²) in [5, 5.41) is 2.88. The average Bonchev–Trinajstić information content (AvgIpc) is 3.14. The molecule has 0 bridgehead atoms. The van der Waals surface area contributed by atoms with Gasteiger partial charge in [0.15, 0.2) is 5.82 Å². The molecule has 0 aliphatic carbocycles. The third kappa shape index (κ3) is 3.53. The summed E-state index contributed by atoms with van der Waals surface area (Å²) in [4.78, 5) is 23.5. The zero-order chi connectivity index (χ0) is 16.9. The maximum atomic E-state index is 13.1. The number of rotatable bonds is 5. The van der Waals surface area contributed by atoms with Crippen LogP contribution < -0.4 is 10.2 Å². The number of halogens is 1. The van der Waals surface area contributed by atoms with Crippen LogP contribution in [0, 0.1) is 5.82 Å². The Labute approximate surface area is 140 Å². The Kier molecular flexibility index (Phi) is 5.03. The van der Waals surface area contributed by atoms with Crippen molar-refractivity contribution in [3.05, 3.63) is 41.8 Å². The van der Waals surface area contributed by atoms with Crippen LogP contribution in [-0.2, 0) is 0 Å². The van der Waals surface area contributed by atoms with Gasteiger partial charge in [-0.05, 0) is 43.5 Å². The van der Waals surface area contributed by atoms with E-state index in [0.717, 1.165) is 37.9 Å². The fourth-order valence-electron chi connectivity index (χ4n) is 2.77.